The first-order chi connectivity index (χ1) is 14.7. The Kier molecular flexibility index (Phi) is 9.22. The molecule has 3 nitrogen and oxygen atoms in total. The van der Waals surface area contributed by atoms with Gasteiger partial charge in [0.05, 0.1) is 0 Å². The van der Waals surface area contributed by atoms with Crippen LogP contribution in [0.25, 0.3) is 0 Å². The van der Waals surface area contributed by atoms with Crippen molar-refractivity contribution < 1.29 is 92.0 Å². The van der Waals surface area contributed by atoms with Crippen LogP contribution in [0, 0.1) is 0 Å². The summed E-state index contributed by atoms with van der Waals surface area (Å²) in [6, 6.07) is 0. The van der Waals surface area contributed by atoms with Gasteiger partial charge in [-0.2, -0.15) is 52.3 Å². The molecule has 0 aromatic heterocycles. The maximum atomic E-state index is 13.5. The van der Waals surface area contributed by atoms with Gasteiger partial charge in [-0.25, -0.2) is 35.1 Å². The van der Waals surface area contributed by atoms with E-state index in [0.29, 0.717) is 0 Å². The summed E-state index contributed by atoms with van der Waals surface area (Å²) in [5.74, 6) is -40.5. The van der Waals surface area contributed by atoms with Crippen LogP contribution < -0.4 is 0 Å². The van der Waals surface area contributed by atoms with Crippen molar-refractivity contribution >= 4 is 10.1 Å². The number of alkyl halides is 18. The Morgan fingerprint density at radius 2 is 0.824 bits per heavy atom. The van der Waals surface area contributed by atoms with Gasteiger partial charge in [0.25, 0.3) is 11.9 Å². The Morgan fingerprint density at radius 1 is 0.500 bits per heavy atom. The highest BCUT2D eigenvalue weighted by atomic mass is 32.2. The van der Waals surface area contributed by atoms with Gasteiger partial charge < -0.3 is 0 Å². The molecule has 22 heteroatoms. The molecule has 0 saturated heterocycles. The number of rotatable bonds is 12. The van der Waals surface area contributed by atoms with Crippen LogP contribution in [0.3, 0.4) is 0 Å². The molecule has 0 rings (SSSR count). The Labute approximate surface area is 175 Å². The topological polar surface area (TPSA) is 54.4 Å². The molecule has 1 N–H and O–H groups in total. The Balaban J connectivity index is 6.41. The van der Waals surface area contributed by atoms with E-state index in [-0.39, 0.29) is 0 Å². The predicted octanol–water partition coefficient (Wildman–Crippen LogP) is 5.30. The molecule has 6 atom stereocenters. The summed E-state index contributed by atoms with van der Waals surface area (Å²) < 4.78 is 264. The number of halogens is 18. The lowest BCUT2D eigenvalue weighted by Crippen LogP contribution is -2.71. The summed E-state index contributed by atoms with van der Waals surface area (Å²) in [6.07, 6.45) is -29.8. The lowest BCUT2D eigenvalue weighted by atomic mass is 9.89. The quantitative estimate of drug-likeness (QED) is 0.255. The van der Waals surface area contributed by atoms with Gasteiger partial charge in [0, 0.05) is 0 Å². The molecular formula is C12H8F18O3S. The largest absolute Gasteiger partial charge is 0.384 e. The lowest BCUT2D eigenvalue weighted by Gasteiger charge is -2.41. The van der Waals surface area contributed by atoms with E-state index >= 15 is 0 Å². The van der Waals surface area contributed by atoms with Crippen LogP contribution in [0.5, 0.6) is 0 Å². The third-order valence-electron chi connectivity index (χ3n) is 3.95. The van der Waals surface area contributed by atoms with E-state index in [2.05, 4.69) is 0 Å². The van der Waals surface area contributed by atoms with E-state index in [1.807, 2.05) is 0 Å². The van der Waals surface area contributed by atoms with E-state index in [1.165, 1.54) is 0 Å². The third-order valence-corrected chi connectivity index (χ3v) is 4.77. The van der Waals surface area contributed by atoms with Crippen molar-refractivity contribution in [2.75, 3.05) is 0 Å². The monoisotopic (exact) mass is 574 g/mol. The highest BCUT2D eigenvalue weighted by Crippen LogP contribution is 2.59. The van der Waals surface area contributed by atoms with E-state index in [0.717, 1.165) is 0 Å². The Bertz CT molecular complexity index is 800. The van der Waals surface area contributed by atoms with E-state index in [9.17, 15) is 87.4 Å². The van der Waals surface area contributed by atoms with Crippen molar-refractivity contribution in [2.45, 2.75) is 72.4 Å². The molecule has 0 radical (unpaired) electrons. The molecule has 0 heterocycles. The highest BCUT2D eigenvalue weighted by Gasteiger charge is 2.89. The Hall–Kier alpha value is -1.35. The number of hydrogen-bond donors (Lipinski definition) is 1. The summed E-state index contributed by atoms with van der Waals surface area (Å²) in [5, 5.41) is 0. The summed E-state index contributed by atoms with van der Waals surface area (Å²) in [6.45, 7) is 0. The minimum absolute atomic E-state index is 4.44. The first-order valence-electron chi connectivity index (χ1n) is 7.63. The van der Waals surface area contributed by atoms with Gasteiger partial charge in [-0.15, -0.1) is 0 Å². The molecular weight excluding hydrogens is 566 g/mol. The molecule has 0 fully saturated rings. The second-order valence-electron chi connectivity index (χ2n) is 6.31. The van der Waals surface area contributed by atoms with Crippen LogP contribution in [-0.4, -0.2) is 85.4 Å². The highest BCUT2D eigenvalue weighted by molar-refractivity contribution is 7.86. The smallest absolute Gasteiger partial charge is 0.283 e. The minimum atomic E-state index is -8.46. The molecule has 0 spiro atoms. The molecule has 0 bridgehead atoms. The molecule has 34 heavy (non-hydrogen) atoms. The zero-order valence-electron chi connectivity index (χ0n) is 15.0. The lowest BCUT2D eigenvalue weighted by molar-refractivity contribution is -0.412. The van der Waals surface area contributed by atoms with Gasteiger partial charge in [0.2, 0.25) is 6.17 Å². The van der Waals surface area contributed by atoms with Crippen molar-refractivity contribution in [1.29, 1.82) is 0 Å². The van der Waals surface area contributed by atoms with Gasteiger partial charge in [-0.3, -0.25) is 4.55 Å². The predicted molar refractivity (Wildman–Crippen MR) is 71.7 cm³/mol. The van der Waals surface area contributed by atoms with Crippen LogP contribution in [0.4, 0.5) is 79.0 Å². The van der Waals surface area contributed by atoms with Crippen LogP contribution in [0.15, 0.2) is 0 Å². The molecule has 6 unspecified atom stereocenters. The molecule has 206 valence electrons. The summed E-state index contributed by atoms with van der Waals surface area (Å²) >= 11 is 0. The average Bonchev–Trinajstić information content (AvgIpc) is 2.68. The maximum absolute atomic E-state index is 13.5. The second kappa shape index (κ2) is 9.60. The van der Waals surface area contributed by atoms with Gasteiger partial charge in [-0.05, 0) is 0 Å². The first-order valence-corrected chi connectivity index (χ1v) is 9.13. The first kappa shape index (κ1) is 32.7. The Morgan fingerprint density at radius 3 is 1.15 bits per heavy atom. The van der Waals surface area contributed by atoms with Crippen LogP contribution >= 0.6 is 0 Å². The van der Waals surface area contributed by atoms with E-state index in [4.69, 9.17) is 4.55 Å². The SMILES string of the molecule is O=S(=O)(O)C(F)C(F)(F)C(F)(F)C(F)(F)C(F)(F)C(F)(F)C(F)C(F)C(F)C(F)C(F)C(F)F. The zero-order valence-corrected chi connectivity index (χ0v) is 15.8. The van der Waals surface area contributed by atoms with Crippen molar-refractivity contribution in [3.8, 4) is 0 Å². The summed E-state index contributed by atoms with van der Waals surface area (Å²) in [7, 11) is -7.14. The van der Waals surface area contributed by atoms with Gasteiger partial charge in [0.1, 0.15) is 0 Å². The van der Waals surface area contributed by atoms with Crippen molar-refractivity contribution in [1.82, 2.24) is 0 Å². The molecule has 0 saturated carbocycles. The van der Waals surface area contributed by atoms with Crippen molar-refractivity contribution in [2.24, 2.45) is 0 Å². The van der Waals surface area contributed by atoms with Gasteiger partial charge in [0.15, 0.2) is 24.7 Å². The normalized spacial score (nSPS) is 20.6. The fourth-order valence-electron chi connectivity index (χ4n) is 1.97. The molecule has 0 aliphatic rings. The number of hydrogen-bond acceptors (Lipinski definition) is 2. The molecule has 0 aromatic carbocycles. The van der Waals surface area contributed by atoms with E-state index in [1.54, 1.807) is 0 Å². The standard InChI is InChI=1S/C12H8F18O3S/c13-1(2(14)4(16)6(18)19)3(15)5(17)8(21,22)10(25,26)12(29,30)11(27,28)9(23,24)7(20)34(31,32)33/h1-7H,(H,31,32,33). The second-order valence-corrected chi connectivity index (χ2v) is 7.76. The van der Waals surface area contributed by atoms with Gasteiger partial charge >= 0.3 is 39.7 Å². The van der Waals surface area contributed by atoms with Crippen LogP contribution in [-0.2, 0) is 10.1 Å². The molecule has 0 aliphatic carbocycles. The fraction of sp³-hybridized carbons (Fsp3) is 1.00. The fourth-order valence-corrected chi connectivity index (χ4v) is 2.49. The van der Waals surface area contributed by atoms with E-state index < -0.39 is 82.5 Å². The van der Waals surface area contributed by atoms with Crippen LogP contribution in [0.2, 0.25) is 0 Å². The van der Waals surface area contributed by atoms with Crippen molar-refractivity contribution in [3.63, 3.8) is 0 Å². The average molecular weight is 574 g/mol. The summed E-state index contributed by atoms with van der Waals surface area (Å²) in [5.41, 5.74) is -5.89. The molecule has 0 aromatic rings. The van der Waals surface area contributed by atoms with Crippen molar-refractivity contribution in [3.05, 3.63) is 0 Å². The minimum Gasteiger partial charge on any atom is -0.283 e. The van der Waals surface area contributed by atoms with Gasteiger partial charge in [-0.1, -0.05) is 0 Å². The molecule has 0 aliphatic heterocycles. The zero-order chi connectivity index (χ0) is 28.0. The maximum Gasteiger partial charge on any atom is 0.384 e. The van der Waals surface area contributed by atoms with Crippen LogP contribution in [0.1, 0.15) is 0 Å². The third kappa shape index (κ3) is 5.11. The summed E-state index contributed by atoms with van der Waals surface area (Å²) in [4.78, 5) is 0. The molecule has 0 amide bonds.